The predicted molar refractivity (Wildman–Crippen MR) is 149 cm³/mol. The number of fused-ring (bicyclic) bond motifs is 2. The Bertz CT molecular complexity index is 1370. The maximum Gasteiger partial charge on any atom is 0.124 e. The highest BCUT2D eigenvalue weighted by atomic mass is 16.5. The number of aromatic hydroxyl groups is 2. The lowest BCUT2D eigenvalue weighted by Gasteiger charge is -2.52. The van der Waals surface area contributed by atoms with Crippen LogP contribution in [0.15, 0.2) is 84.9 Å². The number of rotatable bonds is 2. The fourth-order valence-electron chi connectivity index (χ4n) is 6.97. The molecule has 0 aromatic heterocycles. The molecule has 0 saturated heterocycles. The van der Waals surface area contributed by atoms with Crippen molar-refractivity contribution in [1.82, 2.24) is 0 Å². The number of phenolic OH excluding ortho intramolecular Hbond substituents is 2. The summed E-state index contributed by atoms with van der Waals surface area (Å²) in [5.74, 6) is 1.47. The van der Waals surface area contributed by atoms with E-state index < -0.39 is 0 Å². The second-order valence-electron chi connectivity index (χ2n) is 12.2. The van der Waals surface area contributed by atoms with Gasteiger partial charge in [0.15, 0.2) is 0 Å². The van der Waals surface area contributed by atoms with E-state index in [0.29, 0.717) is 5.75 Å². The molecule has 1 aliphatic carbocycles. The monoisotopic (exact) mass is 490 g/mol. The quantitative estimate of drug-likeness (QED) is 0.298. The smallest absolute Gasteiger partial charge is 0.124 e. The van der Waals surface area contributed by atoms with Gasteiger partial charge in [-0.3, -0.25) is 0 Å². The molecule has 0 radical (unpaired) electrons. The van der Waals surface area contributed by atoms with Crippen LogP contribution in [0.2, 0.25) is 0 Å². The van der Waals surface area contributed by atoms with Gasteiger partial charge in [-0.15, -0.1) is 0 Å². The van der Waals surface area contributed by atoms with Crippen LogP contribution in [0.25, 0.3) is 22.3 Å². The molecule has 0 saturated carbocycles. The summed E-state index contributed by atoms with van der Waals surface area (Å²) in [6, 6.07) is 28.1. The summed E-state index contributed by atoms with van der Waals surface area (Å²) < 4.78 is 7.01. The summed E-state index contributed by atoms with van der Waals surface area (Å²) in [5, 5.41) is 21.9. The first-order valence-corrected chi connectivity index (χ1v) is 13.1. The Hall–Kier alpha value is -3.72. The average molecular weight is 491 g/mol. The zero-order valence-corrected chi connectivity index (χ0v) is 22.0. The van der Waals surface area contributed by atoms with E-state index in [4.69, 9.17) is 4.74 Å². The molecule has 2 N–H and O–H groups in total. The minimum atomic E-state index is -0.386. The zero-order chi connectivity index (χ0) is 26.0. The molecule has 1 atom stereocenters. The molecule has 37 heavy (non-hydrogen) atoms. The lowest BCUT2D eigenvalue weighted by molar-refractivity contribution is -0.0120. The zero-order valence-electron chi connectivity index (χ0n) is 22.0. The molecule has 1 spiro atoms. The second-order valence-corrected chi connectivity index (χ2v) is 12.2. The summed E-state index contributed by atoms with van der Waals surface area (Å²) >= 11 is 0. The summed E-state index contributed by atoms with van der Waals surface area (Å²) in [6.07, 6.45) is 2.47. The molecule has 0 amide bonds. The molecule has 1 heterocycles. The minimum Gasteiger partial charge on any atom is -0.507 e. The third-order valence-corrected chi connectivity index (χ3v) is 8.31. The van der Waals surface area contributed by atoms with Crippen LogP contribution < -0.4 is 4.74 Å². The van der Waals surface area contributed by atoms with Crippen molar-refractivity contribution in [1.29, 1.82) is 0 Å². The second kappa shape index (κ2) is 8.14. The van der Waals surface area contributed by atoms with Crippen LogP contribution in [-0.2, 0) is 17.3 Å². The van der Waals surface area contributed by atoms with E-state index in [1.807, 2.05) is 78.9 Å². The molecule has 0 bridgehead atoms. The van der Waals surface area contributed by atoms with Gasteiger partial charge >= 0.3 is 0 Å². The van der Waals surface area contributed by atoms with Gasteiger partial charge in [-0.25, -0.2) is 0 Å². The van der Waals surface area contributed by atoms with Crippen molar-refractivity contribution < 1.29 is 14.9 Å². The molecule has 3 nitrogen and oxygen atoms in total. The highest BCUT2D eigenvalue weighted by Gasteiger charge is 2.51. The molecule has 1 aliphatic heterocycles. The SMILES string of the molecule is CC1(C)CC2(Cc3cc(-c4ccccc4)c(O)cc31)CC(C)(C)c1cc(O)c(-c3ccccc3)cc1O2. The van der Waals surface area contributed by atoms with Gasteiger partial charge in [-0.2, -0.15) is 0 Å². The maximum atomic E-state index is 11.0. The van der Waals surface area contributed by atoms with Crippen LogP contribution in [-0.4, -0.2) is 15.8 Å². The highest BCUT2D eigenvalue weighted by Crippen LogP contribution is 2.55. The number of benzene rings is 4. The van der Waals surface area contributed by atoms with E-state index in [1.165, 1.54) is 11.1 Å². The number of hydrogen-bond donors (Lipinski definition) is 2. The van der Waals surface area contributed by atoms with Crippen LogP contribution in [0.4, 0.5) is 0 Å². The summed E-state index contributed by atoms with van der Waals surface area (Å²) in [5.41, 5.74) is 6.38. The molecular formula is C34H34O3. The van der Waals surface area contributed by atoms with Gasteiger partial charge in [0.25, 0.3) is 0 Å². The molecule has 3 heteroatoms. The number of ether oxygens (including phenoxy) is 1. The first-order chi connectivity index (χ1) is 17.6. The van der Waals surface area contributed by atoms with E-state index in [1.54, 1.807) is 0 Å². The predicted octanol–water partition coefficient (Wildman–Crippen LogP) is 8.15. The van der Waals surface area contributed by atoms with Gasteiger partial charge in [0.2, 0.25) is 0 Å². The molecule has 1 unspecified atom stereocenters. The van der Waals surface area contributed by atoms with Crippen LogP contribution >= 0.6 is 0 Å². The molecule has 2 aliphatic rings. The summed E-state index contributed by atoms with van der Waals surface area (Å²) in [7, 11) is 0. The van der Waals surface area contributed by atoms with Gasteiger partial charge < -0.3 is 14.9 Å². The Morgan fingerprint density at radius 1 is 0.622 bits per heavy atom. The third kappa shape index (κ3) is 3.98. The Kier molecular flexibility index (Phi) is 5.21. The van der Waals surface area contributed by atoms with Crippen LogP contribution in [0.1, 0.15) is 57.2 Å². The molecule has 6 rings (SSSR count). The fourth-order valence-corrected chi connectivity index (χ4v) is 6.97. The van der Waals surface area contributed by atoms with Crippen LogP contribution in [0, 0.1) is 0 Å². The van der Waals surface area contributed by atoms with E-state index in [-0.39, 0.29) is 22.2 Å². The van der Waals surface area contributed by atoms with Gasteiger partial charge in [0.1, 0.15) is 22.8 Å². The van der Waals surface area contributed by atoms with E-state index >= 15 is 0 Å². The molecule has 4 aromatic rings. The highest BCUT2D eigenvalue weighted by molar-refractivity contribution is 5.74. The number of hydrogen-bond acceptors (Lipinski definition) is 3. The lowest BCUT2D eigenvalue weighted by atomic mass is 9.60. The third-order valence-electron chi connectivity index (χ3n) is 8.31. The summed E-state index contributed by atoms with van der Waals surface area (Å²) in [6.45, 7) is 9.03. The maximum absolute atomic E-state index is 11.0. The van der Waals surface area contributed by atoms with E-state index in [2.05, 4.69) is 33.8 Å². The van der Waals surface area contributed by atoms with Crippen molar-refractivity contribution >= 4 is 0 Å². The average Bonchev–Trinajstić information content (AvgIpc) is 2.85. The van der Waals surface area contributed by atoms with Crippen molar-refractivity contribution in [3.63, 3.8) is 0 Å². The van der Waals surface area contributed by atoms with Gasteiger partial charge in [0, 0.05) is 23.1 Å². The summed E-state index contributed by atoms with van der Waals surface area (Å²) in [4.78, 5) is 0. The van der Waals surface area contributed by atoms with Crippen molar-refractivity contribution in [2.75, 3.05) is 0 Å². The Morgan fingerprint density at radius 3 is 1.68 bits per heavy atom. The lowest BCUT2D eigenvalue weighted by Crippen LogP contribution is -2.53. The van der Waals surface area contributed by atoms with E-state index in [9.17, 15) is 10.2 Å². The van der Waals surface area contributed by atoms with Crippen molar-refractivity contribution in [2.45, 2.75) is 63.4 Å². The Balaban J connectivity index is 1.46. The first kappa shape index (κ1) is 23.7. The van der Waals surface area contributed by atoms with Crippen molar-refractivity contribution in [3.8, 4) is 39.5 Å². The van der Waals surface area contributed by atoms with Crippen molar-refractivity contribution in [3.05, 3.63) is 102 Å². The Labute approximate surface area is 219 Å². The molecule has 188 valence electrons. The van der Waals surface area contributed by atoms with Crippen LogP contribution in [0.5, 0.6) is 17.2 Å². The standard InChI is InChI=1S/C34H34O3/c1-32(2)20-34(19-24-15-25(29(35)17-27(24)32)22-11-7-5-8-12-22)21-33(3,4)28-18-30(36)26(16-31(28)37-34)23-13-9-6-10-14-23/h5-18,35-36H,19-21H2,1-4H3. The fraction of sp³-hybridized carbons (Fsp3) is 0.294. The van der Waals surface area contributed by atoms with Gasteiger partial charge in [-0.1, -0.05) is 88.4 Å². The molecular weight excluding hydrogens is 456 g/mol. The van der Waals surface area contributed by atoms with Crippen molar-refractivity contribution in [2.24, 2.45) is 0 Å². The normalized spacial score (nSPS) is 21.1. The molecule has 0 fully saturated rings. The largest absolute Gasteiger partial charge is 0.507 e. The van der Waals surface area contributed by atoms with Crippen LogP contribution in [0.3, 0.4) is 0 Å². The van der Waals surface area contributed by atoms with Gasteiger partial charge in [-0.05, 0) is 70.2 Å². The van der Waals surface area contributed by atoms with E-state index in [0.717, 1.165) is 52.8 Å². The molecule has 4 aromatic carbocycles. The van der Waals surface area contributed by atoms with Gasteiger partial charge in [0.05, 0.1) is 0 Å². The first-order valence-electron chi connectivity index (χ1n) is 13.1. The minimum absolute atomic E-state index is 0.174. The Morgan fingerprint density at radius 2 is 1.11 bits per heavy atom. The number of phenols is 2. The topological polar surface area (TPSA) is 49.7 Å².